The third kappa shape index (κ3) is 2.61. The summed E-state index contributed by atoms with van der Waals surface area (Å²) in [5, 5.41) is 5.79. The number of hydrogen-bond donors (Lipinski definition) is 3. The summed E-state index contributed by atoms with van der Waals surface area (Å²) in [6.45, 7) is 2.51. The minimum absolute atomic E-state index is 0.567. The van der Waals surface area contributed by atoms with Crippen molar-refractivity contribution in [1.29, 1.82) is 0 Å². The number of H-pyrrole nitrogens is 1. The van der Waals surface area contributed by atoms with Crippen LogP contribution in [-0.4, -0.2) is 42.7 Å². The van der Waals surface area contributed by atoms with E-state index in [-0.39, 0.29) is 0 Å². The van der Waals surface area contributed by atoms with E-state index in [2.05, 4.69) is 20.6 Å². The number of amides is 1. The molecular weight excluding hydrogens is 260 g/mol. The summed E-state index contributed by atoms with van der Waals surface area (Å²) in [6, 6.07) is 3.77. The number of hydrogen-bond acceptors (Lipinski definition) is 5. The van der Waals surface area contributed by atoms with E-state index < -0.39 is 0 Å². The molecule has 106 valence electrons. The van der Waals surface area contributed by atoms with E-state index in [0.29, 0.717) is 32.1 Å². The number of nitrogens with one attached hydrogen (secondary N) is 3. The van der Waals surface area contributed by atoms with Crippen LogP contribution < -0.4 is 20.1 Å². The van der Waals surface area contributed by atoms with Crippen LogP contribution in [0.2, 0.25) is 0 Å². The fourth-order valence-corrected chi connectivity index (χ4v) is 2.09. The fourth-order valence-electron chi connectivity index (χ4n) is 2.09. The summed E-state index contributed by atoms with van der Waals surface area (Å²) < 4.78 is 11.1. The molecule has 1 aromatic heterocycles. The Bertz CT molecular complexity index is 568. The van der Waals surface area contributed by atoms with Crippen LogP contribution in [0.15, 0.2) is 12.1 Å². The van der Waals surface area contributed by atoms with Crippen LogP contribution in [0.4, 0.5) is 5.95 Å². The van der Waals surface area contributed by atoms with Crippen molar-refractivity contribution in [2.75, 3.05) is 31.6 Å². The molecule has 2 aromatic rings. The topological polar surface area (TPSA) is 88.3 Å². The Morgan fingerprint density at radius 2 is 2.05 bits per heavy atom. The zero-order chi connectivity index (χ0) is 13.8. The van der Waals surface area contributed by atoms with Crippen LogP contribution in [0.1, 0.15) is 6.42 Å². The number of imidazole rings is 1. The van der Waals surface area contributed by atoms with Crippen molar-refractivity contribution in [3.05, 3.63) is 12.1 Å². The van der Waals surface area contributed by atoms with Crippen LogP contribution in [0, 0.1) is 0 Å². The molecule has 0 spiro atoms. The number of nitrogens with zero attached hydrogens (tertiary/aromatic N) is 1. The van der Waals surface area contributed by atoms with Gasteiger partial charge in [0.15, 0.2) is 11.5 Å². The second kappa shape index (κ2) is 5.68. The highest BCUT2D eigenvalue weighted by molar-refractivity contribution is 5.81. The summed E-state index contributed by atoms with van der Waals surface area (Å²) in [5.74, 6) is 2.18. The molecule has 1 aromatic carbocycles. The molecule has 7 heteroatoms. The SMILES string of the molecule is O=CNCCCNc1nc2cc3c(cc2[nH]1)OCCO3. The fraction of sp³-hybridized carbons (Fsp3) is 0.385. The Balaban J connectivity index is 1.69. The first-order valence-electron chi connectivity index (χ1n) is 6.57. The van der Waals surface area contributed by atoms with Crippen LogP contribution >= 0.6 is 0 Å². The zero-order valence-corrected chi connectivity index (χ0v) is 10.9. The van der Waals surface area contributed by atoms with E-state index in [9.17, 15) is 4.79 Å². The molecule has 3 rings (SSSR count). The van der Waals surface area contributed by atoms with E-state index in [4.69, 9.17) is 9.47 Å². The lowest BCUT2D eigenvalue weighted by molar-refractivity contribution is -0.109. The van der Waals surface area contributed by atoms with Gasteiger partial charge in [-0.25, -0.2) is 4.98 Å². The Hall–Kier alpha value is -2.44. The molecule has 0 saturated carbocycles. The first-order valence-corrected chi connectivity index (χ1v) is 6.57. The van der Waals surface area contributed by atoms with E-state index in [1.54, 1.807) is 0 Å². The second-order valence-electron chi connectivity index (χ2n) is 4.45. The standard InChI is InChI=1S/C13H16N4O3/c18-8-14-2-1-3-15-13-16-9-6-11-12(7-10(9)17-13)20-5-4-19-11/h6-8H,1-5H2,(H,14,18)(H2,15,16,17). The van der Waals surface area contributed by atoms with Gasteiger partial charge in [-0.05, 0) is 6.42 Å². The molecule has 0 aliphatic carbocycles. The molecule has 1 aliphatic rings. The van der Waals surface area contributed by atoms with Crippen molar-refractivity contribution in [2.45, 2.75) is 6.42 Å². The maximum Gasteiger partial charge on any atom is 0.207 e. The number of ether oxygens (including phenoxy) is 2. The van der Waals surface area contributed by atoms with Gasteiger partial charge in [-0.1, -0.05) is 0 Å². The van der Waals surface area contributed by atoms with Gasteiger partial charge in [0.25, 0.3) is 0 Å². The Morgan fingerprint density at radius 1 is 1.25 bits per heavy atom. The summed E-state index contributed by atoms with van der Waals surface area (Å²) >= 11 is 0. The van der Waals surface area contributed by atoms with Crippen molar-refractivity contribution in [3.63, 3.8) is 0 Å². The van der Waals surface area contributed by atoms with Gasteiger partial charge in [0.2, 0.25) is 12.4 Å². The molecule has 0 atom stereocenters. The number of rotatable bonds is 6. The third-order valence-electron chi connectivity index (χ3n) is 3.02. The molecule has 3 N–H and O–H groups in total. The van der Waals surface area contributed by atoms with Gasteiger partial charge in [-0.3, -0.25) is 4.79 Å². The molecule has 0 radical (unpaired) electrons. The normalized spacial score (nSPS) is 13.2. The largest absolute Gasteiger partial charge is 0.486 e. The summed E-state index contributed by atoms with van der Waals surface area (Å²) in [6.07, 6.45) is 1.53. The Labute approximate surface area is 115 Å². The van der Waals surface area contributed by atoms with Crippen LogP contribution in [0.5, 0.6) is 11.5 Å². The molecular formula is C13H16N4O3. The van der Waals surface area contributed by atoms with Gasteiger partial charge < -0.3 is 25.1 Å². The van der Waals surface area contributed by atoms with Gasteiger partial charge in [0.1, 0.15) is 13.2 Å². The predicted octanol–water partition coefficient (Wildman–Crippen LogP) is 0.882. The molecule has 20 heavy (non-hydrogen) atoms. The van der Waals surface area contributed by atoms with Crippen molar-refractivity contribution in [1.82, 2.24) is 15.3 Å². The maximum absolute atomic E-state index is 10.1. The third-order valence-corrected chi connectivity index (χ3v) is 3.02. The first-order chi connectivity index (χ1) is 9.86. The quantitative estimate of drug-likeness (QED) is 0.538. The number of aromatic nitrogens is 2. The van der Waals surface area contributed by atoms with E-state index in [0.717, 1.165) is 35.5 Å². The molecule has 1 aliphatic heterocycles. The lowest BCUT2D eigenvalue weighted by Crippen LogP contribution is -2.16. The minimum atomic E-state index is 0.567. The number of benzene rings is 1. The zero-order valence-electron chi connectivity index (χ0n) is 10.9. The van der Waals surface area contributed by atoms with Gasteiger partial charge in [-0.2, -0.15) is 0 Å². The first kappa shape index (κ1) is 12.6. The molecule has 1 amide bonds. The minimum Gasteiger partial charge on any atom is -0.486 e. The molecule has 0 unspecified atom stereocenters. The van der Waals surface area contributed by atoms with Crippen molar-refractivity contribution >= 4 is 23.4 Å². The Morgan fingerprint density at radius 3 is 2.85 bits per heavy atom. The number of carbonyl (C=O) groups excluding carboxylic acids is 1. The molecule has 7 nitrogen and oxygen atoms in total. The van der Waals surface area contributed by atoms with Gasteiger partial charge in [0.05, 0.1) is 11.0 Å². The Kier molecular flexibility index (Phi) is 3.58. The molecule has 2 heterocycles. The lowest BCUT2D eigenvalue weighted by atomic mass is 10.2. The smallest absolute Gasteiger partial charge is 0.207 e. The maximum atomic E-state index is 10.1. The van der Waals surface area contributed by atoms with Crippen molar-refractivity contribution in [3.8, 4) is 11.5 Å². The van der Waals surface area contributed by atoms with Crippen LogP contribution in [-0.2, 0) is 4.79 Å². The molecule has 0 fully saturated rings. The van der Waals surface area contributed by atoms with Crippen molar-refractivity contribution < 1.29 is 14.3 Å². The van der Waals surface area contributed by atoms with Crippen LogP contribution in [0.25, 0.3) is 11.0 Å². The van der Waals surface area contributed by atoms with Gasteiger partial charge in [-0.15, -0.1) is 0 Å². The summed E-state index contributed by atoms with van der Waals surface area (Å²) in [5.41, 5.74) is 1.74. The van der Waals surface area contributed by atoms with E-state index in [1.165, 1.54) is 0 Å². The number of anilines is 1. The van der Waals surface area contributed by atoms with E-state index in [1.807, 2.05) is 12.1 Å². The van der Waals surface area contributed by atoms with Crippen molar-refractivity contribution in [2.24, 2.45) is 0 Å². The molecule has 0 bridgehead atoms. The highest BCUT2D eigenvalue weighted by atomic mass is 16.6. The average molecular weight is 276 g/mol. The lowest BCUT2D eigenvalue weighted by Gasteiger charge is -2.17. The van der Waals surface area contributed by atoms with Gasteiger partial charge in [0, 0.05) is 25.2 Å². The highest BCUT2D eigenvalue weighted by Gasteiger charge is 2.14. The highest BCUT2D eigenvalue weighted by Crippen LogP contribution is 2.34. The van der Waals surface area contributed by atoms with Gasteiger partial charge >= 0.3 is 0 Å². The second-order valence-corrected chi connectivity index (χ2v) is 4.45. The average Bonchev–Trinajstić information content (AvgIpc) is 2.86. The van der Waals surface area contributed by atoms with Crippen LogP contribution in [0.3, 0.4) is 0 Å². The monoisotopic (exact) mass is 276 g/mol. The molecule has 0 saturated heterocycles. The predicted molar refractivity (Wildman–Crippen MR) is 74.3 cm³/mol. The summed E-state index contributed by atoms with van der Waals surface area (Å²) in [7, 11) is 0. The number of aromatic amines is 1. The number of fused-ring (bicyclic) bond motifs is 2. The summed E-state index contributed by atoms with van der Waals surface area (Å²) in [4.78, 5) is 17.7. The number of carbonyl (C=O) groups is 1. The van der Waals surface area contributed by atoms with E-state index >= 15 is 0 Å².